The van der Waals surface area contributed by atoms with Crippen molar-refractivity contribution < 1.29 is 85.6 Å². The maximum absolute atomic E-state index is 10.7. The normalized spacial score (nSPS) is 5.62. The molecule has 5 nitrogen and oxygen atoms in total. The first-order chi connectivity index (χ1) is 4.37. The van der Waals surface area contributed by atoms with E-state index in [9.17, 15) is 9.18 Å². The molecule has 0 saturated carbocycles. The van der Waals surface area contributed by atoms with Gasteiger partial charge in [-0.2, -0.15) is 4.39 Å². The Balaban J connectivity index is -0.0000000279. The van der Waals surface area contributed by atoms with Crippen LogP contribution in [-0.4, -0.2) is 18.6 Å². The Morgan fingerprint density at radius 2 is 1.15 bits per heavy atom. The molecule has 58 valence electrons. The molecule has 0 bridgehead atoms. The summed E-state index contributed by atoms with van der Waals surface area (Å²) in [6, 6.07) is -2.11. The predicted molar refractivity (Wildman–Crippen MR) is 22.7 cm³/mol. The molecule has 11 heteroatoms. The van der Waals surface area contributed by atoms with Crippen LogP contribution in [-0.2, 0) is 9.59 Å². The molecule has 0 aliphatic rings. The fourth-order valence-corrected chi connectivity index (χ4v) is 0. The standard InChI is InChI=1S/C2ClFO2.BO3.3Li/c3-1(5)2(4)6;2-1(3)4;;;/q;-3;3*+1. The van der Waals surface area contributed by atoms with Crippen molar-refractivity contribution in [3.63, 3.8) is 0 Å². The monoisotopic (exact) mass is 190 g/mol. The second-order valence-corrected chi connectivity index (χ2v) is 1.18. The number of carbonyl (C=O) groups is 2. The first kappa shape index (κ1) is 29.2. The van der Waals surface area contributed by atoms with Crippen molar-refractivity contribution in [2.75, 3.05) is 0 Å². The van der Waals surface area contributed by atoms with E-state index in [1.165, 1.54) is 0 Å². The number of hydrogen-bond acceptors (Lipinski definition) is 5. The largest absolute Gasteiger partial charge is 1.00 e. The van der Waals surface area contributed by atoms with Gasteiger partial charge in [0.1, 0.15) is 0 Å². The molecule has 0 heterocycles. The van der Waals surface area contributed by atoms with E-state index in [-0.39, 0.29) is 56.6 Å². The van der Waals surface area contributed by atoms with Crippen molar-refractivity contribution in [1.29, 1.82) is 0 Å². The molecule has 0 rings (SSSR count). The van der Waals surface area contributed by atoms with Crippen LogP contribution in [0.4, 0.5) is 4.39 Å². The van der Waals surface area contributed by atoms with Crippen LogP contribution >= 0.6 is 11.6 Å². The Hall–Kier alpha value is 1.30. The molecule has 0 aliphatic carbocycles. The van der Waals surface area contributed by atoms with Gasteiger partial charge < -0.3 is 15.1 Å². The summed E-state index contributed by atoms with van der Waals surface area (Å²) in [7, 11) is -2.92. The Morgan fingerprint density at radius 1 is 1.08 bits per heavy atom. The van der Waals surface area contributed by atoms with E-state index in [2.05, 4.69) is 11.6 Å². The third-order valence-electron chi connectivity index (χ3n) is 0.155. The number of carbonyl (C=O) groups excluding carboxylic acids is 2. The summed E-state index contributed by atoms with van der Waals surface area (Å²) in [4.78, 5) is 18.2. The minimum atomic E-state index is -2.92. The molecule has 0 spiro atoms. The topological polar surface area (TPSA) is 103 Å². The molecule has 0 amide bonds. The molecule has 0 aromatic heterocycles. The number of hydrogen-bond donors (Lipinski definition) is 0. The zero-order chi connectivity index (χ0) is 8.73. The van der Waals surface area contributed by atoms with Crippen LogP contribution in [0.25, 0.3) is 0 Å². The fourth-order valence-electron chi connectivity index (χ4n) is 0. The van der Waals surface area contributed by atoms with Crippen molar-refractivity contribution in [1.82, 2.24) is 0 Å². The minimum Gasteiger partial charge on any atom is -0.907 e. The Bertz CT molecular complexity index is 122. The maximum atomic E-state index is 10.7. The summed E-state index contributed by atoms with van der Waals surface area (Å²) in [5.74, 6) is 0. The molecule has 0 radical (unpaired) electrons. The summed E-state index contributed by atoms with van der Waals surface area (Å²) in [6.45, 7) is 0. The molecular weight excluding hydrogens is 190 g/mol. The molecule has 0 fully saturated rings. The van der Waals surface area contributed by atoms with Crippen LogP contribution in [0.1, 0.15) is 0 Å². The first-order valence-electron chi connectivity index (χ1n) is 1.74. The van der Waals surface area contributed by atoms with Crippen LogP contribution in [0.3, 0.4) is 0 Å². The van der Waals surface area contributed by atoms with Crippen LogP contribution in [0.15, 0.2) is 0 Å². The quantitative estimate of drug-likeness (QED) is 0.232. The van der Waals surface area contributed by atoms with Crippen molar-refractivity contribution in [3.05, 3.63) is 0 Å². The van der Waals surface area contributed by atoms with Gasteiger partial charge in [-0.25, -0.2) is 0 Å². The summed E-state index contributed by atoms with van der Waals surface area (Å²) in [5.41, 5.74) is 0. The van der Waals surface area contributed by atoms with Crippen LogP contribution in [0.5, 0.6) is 0 Å². The van der Waals surface area contributed by atoms with E-state index >= 15 is 0 Å². The number of halogens is 2. The number of rotatable bonds is 1. The first-order valence-corrected chi connectivity index (χ1v) is 2.12. The summed E-state index contributed by atoms with van der Waals surface area (Å²) < 4.78 is 10.7. The average molecular weight is 190 g/mol. The van der Waals surface area contributed by atoms with Gasteiger partial charge in [-0.3, -0.25) is 16.9 Å². The van der Waals surface area contributed by atoms with Gasteiger partial charge in [0.05, 0.1) is 0 Å². The van der Waals surface area contributed by atoms with E-state index < -0.39 is 18.6 Å². The van der Waals surface area contributed by atoms with E-state index in [1.54, 1.807) is 0 Å². The van der Waals surface area contributed by atoms with Gasteiger partial charge in [0.2, 0.25) is 0 Å². The fraction of sp³-hybridized carbons (Fsp3) is 0. The third-order valence-corrected chi connectivity index (χ3v) is 0.303. The van der Waals surface area contributed by atoms with Gasteiger partial charge in [-0.05, 0) is 11.6 Å². The molecule has 0 N–H and O–H groups in total. The van der Waals surface area contributed by atoms with Gasteiger partial charge in [0, 0.05) is 0 Å². The van der Waals surface area contributed by atoms with Gasteiger partial charge in [-0.15, -0.1) is 0 Å². The predicted octanol–water partition coefficient (Wildman–Crippen LogP) is -12.7. The van der Waals surface area contributed by atoms with E-state index in [0.29, 0.717) is 0 Å². The van der Waals surface area contributed by atoms with Crippen LogP contribution in [0.2, 0.25) is 0 Å². The second kappa shape index (κ2) is 19.0. The molecule has 0 aromatic rings. The maximum Gasteiger partial charge on any atom is 1.00 e. The Kier molecular flexibility index (Phi) is 42.7. The van der Waals surface area contributed by atoms with Gasteiger partial charge in [-0.1, -0.05) is 0 Å². The average Bonchev–Trinajstić information content (AvgIpc) is 1.63. The SMILES string of the molecule is O=C(F)C(=O)Cl.[Li+].[Li+].[Li+].[O-]B([O-])[O-]. The zero-order valence-corrected chi connectivity index (χ0v) is 8.13. The van der Waals surface area contributed by atoms with Crippen LogP contribution < -0.4 is 71.7 Å². The zero-order valence-electron chi connectivity index (χ0n) is 7.37. The van der Waals surface area contributed by atoms with E-state index in [1.807, 2.05) is 0 Å². The van der Waals surface area contributed by atoms with Crippen molar-refractivity contribution in [2.24, 2.45) is 0 Å². The molecule has 0 aliphatic heterocycles. The molecular formula is C2BClFLi3O5. The summed E-state index contributed by atoms with van der Waals surface area (Å²) in [5, 5.41) is 23.7. The van der Waals surface area contributed by atoms with Gasteiger partial charge >= 0.3 is 67.9 Å². The van der Waals surface area contributed by atoms with Gasteiger partial charge in [0.15, 0.2) is 0 Å². The Morgan fingerprint density at radius 3 is 1.15 bits per heavy atom. The molecule has 13 heavy (non-hydrogen) atoms. The minimum absolute atomic E-state index is 0. The van der Waals surface area contributed by atoms with Crippen molar-refractivity contribution in [2.45, 2.75) is 0 Å². The van der Waals surface area contributed by atoms with Crippen molar-refractivity contribution in [3.8, 4) is 0 Å². The molecule has 0 saturated heterocycles. The van der Waals surface area contributed by atoms with Crippen molar-refractivity contribution >= 4 is 30.2 Å². The Labute approximate surface area is 115 Å². The van der Waals surface area contributed by atoms with Gasteiger partial charge in [0.25, 0.3) is 0 Å². The molecule has 0 aromatic carbocycles. The molecule has 0 unspecified atom stereocenters. The third kappa shape index (κ3) is 60.5. The van der Waals surface area contributed by atoms with E-state index in [4.69, 9.17) is 19.9 Å². The summed E-state index contributed by atoms with van der Waals surface area (Å²) >= 11 is 4.25. The molecule has 0 atom stereocenters. The van der Waals surface area contributed by atoms with E-state index in [0.717, 1.165) is 0 Å². The van der Waals surface area contributed by atoms with Crippen LogP contribution in [0, 0.1) is 0 Å². The summed E-state index contributed by atoms with van der Waals surface area (Å²) in [6.07, 6.45) is 0. The second-order valence-electron chi connectivity index (χ2n) is 0.836. The smallest absolute Gasteiger partial charge is 0.907 e.